The number of thiophene rings is 2. The average Bonchev–Trinajstić information content (AvgIpc) is 3.95. The average molecular weight is 644 g/mol. The fourth-order valence-electron chi connectivity index (χ4n) is 5.74. The lowest BCUT2D eigenvalue weighted by molar-refractivity contribution is 0.621. The van der Waals surface area contributed by atoms with Gasteiger partial charge in [0, 0.05) is 26.8 Å². The number of oxazole rings is 2. The van der Waals surface area contributed by atoms with Gasteiger partial charge in [0.05, 0.1) is 9.75 Å². The Balaban J connectivity index is 0.994. The van der Waals surface area contributed by atoms with Gasteiger partial charge in [-0.2, -0.15) is 0 Å². The normalized spacial score (nSPS) is 11.4. The molecule has 0 bridgehead atoms. The minimum atomic E-state index is 0.655. The Kier molecular flexibility index (Phi) is 6.77. The highest BCUT2D eigenvalue weighted by atomic mass is 32.1. The van der Waals surface area contributed by atoms with Crippen molar-refractivity contribution in [1.82, 2.24) is 9.97 Å². The molecule has 0 aliphatic rings. The summed E-state index contributed by atoms with van der Waals surface area (Å²) in [5.74, 6) is 1.31. The van der Waals surface area contributed by atoms with Crippen LogP contribution in [0.3, 0.4) is 0 Å². The fourth-order valence-corrected chi connectivity index (χ4v) is 7.62. The van der Waals surface area contributed by atoms with Crippen molar-refractivity contribution in [1.29, 1.82) is 0 Å². The summed E-state index contributed by atoms with van der Waals surface area (Å²) in [4.78, 5) is 16.0. The van der Waals surface area contributed by atoms with Gasteiger partial charge in [-0.15, -0.1) is 22.7 Å². The van der Waals surface area contributed by atoms with Crippen molar-refractivity contribution in [3.05, 3.63) is 152 Å². The van der Waals surface area contributed by atoms with Gasteiger partial charge in [0.1, 0.15) is 11.0 Å². The van der Waals surface area contributed by atoms with Gasteiger partial charge in [0.2, 0.25) is 11.8 Å². The molecule has 4 aromatic heterocycles. The lowest BCUT2D eigenvalue weighted by Gasteiger charge is -2.25. The van der Waals surface area contributed by atoms with E-state index >= 15 is 0 Å². The summed E-state index contributed by atoms with van der Waals surface area (Å²) in [7, 11) is 0. The predicted octanol–water partition coefficient (Wildman–Crippen LogP) is 12.2. The van der Waals surface area contributed by atoms with Crippen molar-refractivity contribution in [3.8, 4) is 42.4 Å². The molecule has 9 rings (SSSR count). The number of hydrogen-bond donors (Lipinski definition) is 0. The quantitative estimate of drug-likeness (QED) is 0.173. The molecular formula is C40H25N3O2S2. The van der Waals surface area contributed by atoms with E-state index in [1.54, 1.807) is 22.7 Å². The molecule has 0 atom stereocenters. The molecule has 5 nitrogen and oxygen atoms in total. The van der Waals surface area contributed by atoms with E-state index in [1.807, 2.05) is 54.6 Å². The second-order valence-corrected chi connectivity index (χ2v) is 13.2. The van der Waals surface area contributed by atoms with Crippen LogP contribution in [0.2, 0.25) is 0 Å². The van der Waals surface area contributed by atoms with Crippen LogP contribution in [0.25, 0.3) is 64.6 Å². The Morgan fingerprint density at radius 1 is 0.383 bits per heavy atom. The van der Waals surface area contributed by atoms with Gasteiger partial charge in [-0.3, -0.25) is 0 Å². The van der Waals surface area contributed by atoms with E-state index in [0.717, 1.165) is 69.9 Å². The third-order valence-electron chi connectivity index (χ3n) is 8.06. The van der Waals surface area contributed by atoms with Crippen LogP contribution in [0.5, 0.6) is 0 Å². The maximum atomic E-state index is 6.01. The largest absolute Gasteiger partial charge is 0.435 e. The summed E-state index contributed by atoms with van der Waals surface area (Å²) in [6.45, 7) is 0. The Morgan fingerprint density at radius 3 is 1.26 bits per heavy atom. The zero-order valence-corrected chi connectivity index (χ0v) is 26.5. The number of hydrogen-bond acceptors (Lipinski definition) is 7. The van der Waals surface area contributed by atoms with Crippen LogP contribution in [-0.4, -0.2) is 9.97 Å². The number of rotatable bonds is 7. The van der Waals surface area contributed by atoms with Crippen LogP contribution in [0, 0.1) is 0 Å². The Hall–Kier alpha value is -5.76. The number of aromatic nitrogens is 2. The van der Waals surface area contributed by atoms with E-state index in [2.05, 4.69) is 112 Å². The molecule has 0 aliphatic heterocycles. The zero-order valence-electron chi connectivity index (χ0n) is 24.9. The number of anilines is 3. The van der Waals surface area contributed by atoms with Crippen molar-refractivity contribution in [2.24, 2.45) is 0 Å². The predicted molar refractivity (Wildman–Crippen MR) is 194 cm³/mol. The molecule has 47 heavy (non-hydrogen) atoms. The lowest BCUT2D eigenvalue weighted by atomic mass is 10.1. The first kappa shape index (κ1) is 27.5. The summed E-state index contributed by atoms with van der Waals surface area (Å²) < 4.78 is 12.0. The van der Waals surface area contributed by atoms with Gasteiger partial charge < -0.3 is 13.7 Å². The van der Waals surface area contributed by atoms with Gasteiger partial charge in [-0.05, 0) is 96.1 Å². The van der Waals surface area contributed by atoms with Crippen LogP contribution in [0.1, 0.15) is 0 Å². The monoisotopic (exact) mass is 643 g/mol. The third-order valence-corrected chi connectivity index (χ3v) is 10.3. The lowest BCUT2D eigenvalue weighted by Crippen LogP contribution is -2.09. The molecule has 4 heterocycles. The number of nitrogens with zero attached hydrogens (tertiary/aromatic N) is 3. The molecule has 224 valence electrons. The summed E-state index contributed by atoms with van der Waals surface area (Å²) in [5, 5.41) is 0. The van der Waals surface area contributed by atoms with Crippen LogP contribution in [0.15, 0.2) is 160 Å². The maximum Gasteiger partial charge on any atom is 0.237 e. The molecule has 0 saturated heterocycles. The molecule has 5 aromatic carbocycles. The van der Waals surface area contributed by atoms with Gasteiger partial charge in [0.25, 0.3) is 0 Å². The molecule has 0 radical (unpaired) electrons. The summed E-state index contributed by atoms with van der Waals surface area (Å²) in [5.41, 5.74) is 8.90. The molecule has 0 spiro atoms. The number of fused-ring (bicyclic) bond motifs is 2. The van der Waals surface area contributed by atoms with E-state index in [9.17, 15) is 0 Å². The van der Waals surface area contributed by atoms with Crippen LogP contribution in [0.4, 0.5) is 17.1 Å². The minimum absolute atomic E-state index is 0.655. The highest BCUT2D eigenvalue weighted by molar-refractivity contribution is 7.19. The molecule has 0 aliphatic carbocycles. The highest BCUT2D eigenvalue weighted by Gasteiger charge is 2.16. The third kappa shape index (κ3) is 5.21. The molecular weight excluding hydrogens is 619 g/mol. The fraction of sp³-hybridized carbons (Fsp3) is 0. The van der Waals surface area contributed by atoms with Crippen molar-refractivity contribution in [2.45, 2.75) is 0 Å². The minimum Gasteiger partial charge on any atom is -0.435 e. The zero-order chi connectivity index (χ0) is 31.2. The Bertz CT molecular complexity index is 2250. The molecule has 0 N–H and O–H groups in total. The first-order valence-electron chi connectivity index (χ1n) is 15.2. The molecule has 7 heteroatoms. The van der Waals surface area contributed by atoms with E-state index in [1.165, 1.54) is 0 Å². The highest BCUT2D eigenvalue weighted by Crippen LogP contribution is 2.40. The molecule has 0 amide bonds. The van der Waals surface area contributed by atoms with Crippen molar-refractivity contribution in [3.63, 3.8) is 0 Å². The van der Waals surface area contributed by atoms with Crippen molar-refractivity contribution >= 4 is 61.9 Å². The summed E-state index contributed by atoms with van der Waals surface area (Å²) >= 11 is 3.37. The SMILES string of the molecule is c1ccc(N(c2ccc(-c3ccc(-c4nc5ccccc5o4)s3)cc2)c2ccc(-c3ccc(-c4nc5ccccc5o4)s3)cc2)cc1. The van der Waals surface area contributed by atoms with E-state index in [-0.39, 0.29) is 0 Å². The van der Waals surface area contributed by atoms with E-state index in [4.69, 9.17) is 8.83 Å². The van der Waals surface area contributed by atoms with Gasteiger partial charge in [0.15, 0.2) is 11.2 Å². The van der Waals surface area contributed by atoms with E-state index < -0.39 is 0 Å². The second kappa shape index (κ2) is 11.6. The topological polar surface area (TPSA) is 55.3 Å². The molecule has 0 fully saturated rings. The van der Waals surface area contributed by atoms with Gasteiger partial charge in [-0.1, -0.05) is 66.7 Å². The molecule has 0 saturated carbocycles. The van der Waals surface area contributed by atoms with Gasteiger partial charge in [-0.25, -0.2) is 9.97 Å². The van der Waals surface area contributed by atoms with Crippen LogP contribution < -0.4 is 4.90 Å². The second-order valence-electron chi connectivity index (χ2n) is 11.1. The van der Waals surface area contributed by atoms with Crippen molar-refractivity contribution in [2.75, 3.05) is 4.90 Å². The maximum absolute atomic E-state index is 6.01. The van der Waals surface area contributed by atoms with Gasteiger partial charge >= 0.3 is 0 Å². The van der Waals surface area contributed by atoms with E-state index in [0.29, 0.717) is 11.8 Å². The van der Waals surface area contributed by atoms with Crippen molar-refractivity contribution < 1.29 is 8.83 Å². The number of para-hydroxylation sites is 5. The number of benzene rings is 5. The smallest absolute Gasteiger partial charge is 0.237 e. The first-order valence-corrected chi connectivity index (χ1v) is 16.9. The Morgan fingerprint density at radius 2 is 0.787 bits per heavy atom. The van der Waals surface area contributed by atoms with Crippen LogP contribution in [-0.2, 0) is 0 Å². The molecule has 0 unspecified atom stereocenters. The standard InChI is InChI=1S/C40H25N3O2S2/c1-2-8-28(9-3-1)43(29-18-14-26(15-19-29)35-22-24-37(46-35)39-41-31-10-4-6-12-33(31)44-39)30-20-16-27(17-21-30)36-23-25-38(47-36)40-42-32-11-5-7-13-34(32)45-40/h1-25H. The van der Waals surface area contributed by atoms with Crippen LogP contribution >= 0.6 is 22.7 Å². The summed E-state index contributed by atoms with van der Waals surface area (Å²) in [6.07, 6.45) is 0. The first-order chi connectivity index (χ1) is 23.2. The summed E-state index contributed by atoms with van der Waals surface area (Å²) in [6, 6.07) is 52.1. The Labute approximate surface area is 278 Å². The molecule has 9 aromatic rings.